The van der Waals surface area contributed by atoms with Gasteiger partial charge in [0.15, 0.2) is 0 Å². The number of hydrogen-bond donors (Lipinski definition) is 4. The molecule has 1 saturated carbocycles. The van der Waals surface area contributed by atoms with Crippen LogP contribution in [0.1, 0.15) is 45.3 Å². The molecule has 4 N–H and O–H groups in total. The van der Waals surface area contributed by atoms with Crippen molar-refractivity contribution in [1.82, 2.24) is 14.7 Å². The van der Waals surface area contributed by atoms with E-state index in [1.54, 1.807) is 17.5 Å². The Morgan fingerprint density at radius 3 is 2.83 bits per heavy atom. The van der Waals surface area contributed by atoms with Crippen LogP contribution in [0, 0.1) is 0 Å². The lowest BCUT2D eigenvalue weighted by Crippen LogP contribution is -2.31. The van der Waals surface area contributed by atoms with E-state index >= 15 is 0 Å². The largest absolute Gasteiger partial charge is 0.390 e. The Bertz CT molecular complexity index is 1320. The summed E-state index contributed by atoms with van der Waals surface area (Å²) in [5.41, 5.74) is 1.51. The van der Waals surface area contributed by atoms with Gasteiger partial charge in [0.05, 0.1) is 16.5 Å². The number of aliphatic hydroxyl groups excluding tert-OH is 2. The van der Waals surface area contributed by atoms with E-state index in [9.17, 15) is 23.4 Å². The van der Waals surface area contributed by atoms with Gasteiger partial charge in [-0.25, -0.2) is 9.97 Å². The summed E-state index contributed by atoms with van der Waals surface area (Å²) >= 11 is 4.59. The van der Waals surface area contributed by atoms with Crippen molar-refractivity contribution in [2.24, 2.45) is 0 Å². The van der Waals surface area contributed by atoms with Gasteiger partial charge in [0.2, 0.25) is 5.78 Å². The van der Waals surface area contributed by atoms with Crippen LogP contribution >= 0.6 is 27.3 Å². The number of halogens is 1. The van der Waals surface area contributed by atoms with Gasteiger partial charge in [0.25, 0.3) is 0 Å². The quantitative estimate of drug-likeness (QED) is 0.279. The van der Waals surface area contributed by atoms with Gasteiger partial charge in [-0.15, -0.1) is 11.3 Å². The van der Waals surface area contributed by atoms with Crippen molar-refractivity contribution in [3.05, 3.63) is 74.3 Å². The highest BCUT2D eigenvalue weighted by Crippen LogP contribution is 2.31. The summed E-state index contributed by atoms with van der Waals surface area (Å²) in [6, 6.07) is 8.56. The van der Waals surface area contributed by atoms with Gasteiger partial charge in [0.1, 0.15) is 24.4 Å². The molecule has 4 atom stereocenters. The number of thiophene rings is 1. The topological polar surface area (TPSA) is 151 Å². The summed E-state index contributed by atoms with van der Waals surface area (Å²) in [5, 5.41) is 25.8. The van der Waals surface area contributed by atoms with Crippen LogP contribution in [0.3, 0.4) is 0 Å². The van der Waals surface area contributed by atoms with Crippen LogP contribution in [-0.4, -0.2) is 59.7 Å². The van der Waals surface area contributed by atoms with Gasteiger partial charge in [-0.05, 0) is 47.5 Å². The molecule has 0 aliphatic heterocycles. The van der Waals surface area contributed by atoms with Gasteiger partial charge in [-0.2, -0.15) is 13.1 Å². The Labute approximate surface area is 214 Å². The van der Waals surface area contributed by atoms with Crippen molar-refractivity contribution >= 4 is 49.2 Å². The van der Waals surface area contributed by atoms with Gasteiger partial charge in [0, 0.05) is 23.8 Å². The van der Waals surface area contributed by atoms with E-state index in [1.807, 2.05) is 18.2 Å². The van der Waals surface area contributed by atoms with Crippen molar-refractivity contribution in [3.8, 4) is 0 Å². The Balaban J connectivity index is 1.49. The summed E-state index contributed by atoms with van der Waals surface area (Å²) < 4.78 is 31.2. The number of nitrogens with zero attached hydrogens (tertiary/aromatic N) is 2. The molecule has 186 valence electrons. The smallest absolute Gasteiger partial charge is 0.335 e. The Hall–Kier alpha value is -2.26. The maximum absolute atomic E-state index is 13.3. The van der Waals surface area contributed by atoms with Crippen molar-refractivity contribution < 1.29 is 27.6 Å². The molecule has 1 aliphatic rings. The van der Waals surface area contributed by atoms with Crippen molar-refractivity contribution in [3.63, 3.8) is 0 Å². The van der Waals surface area contributed by atoms with Gasteiger partial charge in [-0.1, -0.05) is 28.1 Å². The Kier molecular flexibility index (Phi) is 7.96. The first-order valence-corrected chi connectivity index (χ1v) is 13.7. The monoisotopic (exact) mass is 582 g/mol. The third-order valence-corrected chi connectivity index (χ3v) is 8.03. The van der Waals surface area contributed by atoms with Crippen molar-refractivity contribution in [1.29, 1.82) is 0 Å². The molecular formula is C22H23BrN4O6S2. The fraction of sp³-hybridized carbons (Fsp3) is 0.318. The molecule has 0 unspecified atom stereocenters. The molecule has 0 spiro atoms. The van der Waals surface area contributed by atoms with E-state index in [0.29, 0.717) is 16.0 Å². The molecule has 10 nitrogen and oxygen atoms in total. The molecule has 1 aliphatic carbocycles. The van der Waals surface area contributed by atoms with Crippen LogP contribution in [0.15, 0.2) is 52.7 Å². The van der Waals surface area contributed by atoms with Crippen molar-refractivity contribution in [2.45, 2.75) is 37.2 Å². The van der Waals surface area contributed by atoms with Crippen LogP contribution in [0.4, 0.5) is 5.82 Å². The van der Waals surface area contributed by atoms with E-state index in [4.69, 9.17) is 4.18 Å². The first-order valence-electron chi connectivity index (χ1n) is 10.6. The summed E-state index contributed by atoms with van der Waals surface area (Å²) in [5.74, 6) is -0.0586. The van der Waals surface area contributed by atoms with Gasteiger partial charge >= 0.3 is 10.3 Å². The minimum absolute atomic E-state index is 0.196. The normalized spacial score (nSPS) is 21.1. The van der Waals surface area contributed by atoms with Gasteiger partial charge in [-0.3, -0.25) is 8.98 Å². The highest BCUT2D eigenvalue weighted by Gasteiger charge is 2.37. The summed E-state index contributed by atoms with van der Waals surface area (Å²) in [6.07, 6.45) is 0.278. The molecule has 0 amide bonds. The van der Waals surface area contributed by atoms with E-state index in [2.05, 4.69) is 35.9 Å². The molecule has 0 saturated heterocycles. The average molecular weight is 583 g/mol. The first-order chi connectivity index (χ1) is 16.7. The predicted molar refractivity (Wildman–Crippen MR) is 133 cm³/mol. The number of benzene rings is 1. The molecule has 1 aromatic carbocycles. The second kappa shape index (κ2) is 10.8. The molecule has 35 heavy (non-hydrogen) atoms. The Morgan fingerprint density at radius 2 is 2.09 bits per heavy atom. The molecule has 0 radical (unpaired) electrons. The van der Waals surface area contributed by atoms with Crippen molar-refractivity contribution in [2.75, 3.05) is 12.4 Å². The number of nitrogens with one attached hydrogen (secondary N) is 2. The highest BCUT2D eigenvalue weighted by molar-refractivity contribution is 9.10. The number of carbonyl (C=O) groups is 1. The number of aromatic nitrogens is 2. The Morgan fingerprint density at radius 1 is 1.29 bits per heavy atom. The molecule has 2 aromatic heterocycles. The van der Waals surface area contributed by atoms with Crippen LogP contribution in [0.25, 0.3) is 0 Å². The number of anilines is 1. The zero-order valence-corrected chi connectivity index (χ0v) is 21.7. The molecule has 13 heteroatoms. The second-order valence-corrected chi connectivity index (χ2v) is 11.3. The molecule has 0 bridgehead atoms. The number of ketones is 1. The third-order valence-electron chi connectivity index (χ3n) is 5.59. The van der Waals surface area contributed by atoms with Crippen LogP contribution in [-0.2, 0) is 14.5 Å². The van der Waals surface area contributed by atoms with Gasteiger partial charge < -0.3 is 15.5 Å². The number of aliphatic hydroxyl groups is 2. The molecule has 3 aromatic rings. The van der Waals surface area contributed by atoms with E-state index < -0.39 is 28.6 Å². The highest BCUT2D eigenvalue weighted by atomic mass is 79.9. The summed E-state index contributed by atoms with van der Waals surface area (Å²) in [6.45, 7) is 0. The zero-order valence-electron chi connectivity index (χ0n) is 18.5. The maximum atomic E-state index is 13.3. The zero-order chi connectivity index (χ0) is 25.2. The SMILES string of the molecule is CNS(=O)(=O)O[C@@H]1C[C@H](Nc2ncncc2C(=O)c2cc([C@@H](O)c3cccc(Br)c3)cs2)C[C@@H]1O. The third kappa shape index (κ3) is 6.12. The lowest BCUT2D eigenvalue weighted by atomic mass is 10.0. The standard InChI is InChI=1S/C22H23BrN4O6S2/c1-24-35(31,32)33-18-8-15(7-17(18)28)27-22-16(9-25-11-26-22)21(30)19-6-13(10-34-19)20(29)12-3-2-4-14(23)5-12/h2-6,9-11,15,17-18,20,24,28-29H,7-8H2,1H3,(H,25,26,27)/t15-,17+,18-,20+/m1/s1. The average Bonchev–Trinajstić information content (AvgIpc) is 3.45. The molecule has 2 heterocycles. The number of carbonyl (C=O) groups excluding carboxylic acids is 1. The first kappa shape index (κ1) is 25.8. The fourth-order valence-electron chi connectivity index (χ4n) is 3.83. The van der Waals surface area contributed by atoms with E-state index in [-0.39, 0.29) is 36.0 Å². The summed E-state index contributed by atoms with van der Waals surface area (Å²) in [4.78, 5) is 21.8. The van der Waals surface area contributed by atoms with E-state index in [0.717, 1.165) is 4.47 Å². The van der Waals surface area contributed by atoms with E-state index in [1.165, 1.54) is 30.9 Å². The predicted octanol–water partition coefficient (Wildman–Crippen LogP) is 2.40. The fourth-order valence-corrected chi connectivity index (χ4v) is 5.76. The van der Waals surface area contributed by atoms with Crippen LogP contribution in [0.2, 0.25) is 0 Å². The van der Waals surface area contributed by atoms with Crippen LogP contribution < -0.4 is 10.0 Å². The second-order valence-electron chi connectivity index (χ2n) is 7.99. The van der Waals surface area contributed by atoms with Crippen LogP contribution in [0.5, 0.6) is 0 Å². The lowest BCUT2D eigenvalue weighted by Gasteiger charge is -2.15. The molecule has 1 fully saturated rings. The summed E-state index contributed by atoms with van der Waals surface area (Å²) in [7, 11) is -2.74. The molecule has 4 rings (SSSR count). The minimum atomic E-state index is -3.96. The number of rotatable bonds is 9. The lowest BCUT2D eigenvalue weighted by molar-refractivity contribution is 0.0636. The maximum Gasteiger partial charge on any atom is 0.335 e. The number of hydrogen-bond acceptors (Lipinski definition) is 10. The minimum Gasteiger partial charge on any atom is -0.390 e. The molecular weight excluding hydrogens is 560 g/mol.